The summed E-state index contributed by atoms with van der Waals surface area (Å²) in [4.78, 5) is 13.9. The number of carbonyl (C=O) groups is 1. The van der Waals surface area contributed by atoms with Crippen molar-refractivity contribution < 1.29 is 28.8 Å². The van der Waals surface area contributed by atoms with Crippen molar-refractivity contribution in [3.63, 3.8) is 0 Å². The average molecular weight is 754 g/mol. The Bertz CT molecular complexity index is 644. The molecule has 0 aliphatic rings. The molecule has 0 heterocycles. The molecule has 318 valence electrons. The summed E-state index contributed by atoms with van der Waals surface area (Å²) in [6.07, 6.45) is 58.8. The van der Waals surface area contributed by atoms with Crippen molar-refractivity contribution in [1.82, 2.24) is 4.90 Å². The summed E-state index contributed by atoms with van der Waals surface area (Å²) in [5.74, 6) is -0.888. The second kappa shape index (κ2) is 49.2. The molecule has 0 N–H and O–H groups in total. The zero-order valence-corrected chi connectivity index (χ0v) is 38.2. The van der Waals surface area contributed by atoms with E-state index < -0.39 is 5.97 Å². The summed E-state index contributed by atoms with van der Waals surface area (Å²) >= 11 is 0. The van der Waals surface area contributed by atoms with E-state index in [1.54, 1.807) is 0 Å². The maximum absolute atomic E-state index is 11.2. The van der Waals surface area contributed by atoms with Crippen LogP contribution in [0.25, 0.3) is 0 Å². The molecule has 0 fully saturated rings. The van der Waals surface area contributed by atoms with Crippen LogP contribution in [0.3, 0.4) is 0 Å². The van der Waals surface area contributed by atoms with Crippen LogP contribution >= 0.6 is 0 Å². The van der Waals surface area contributed by atoms with E-state index in [1.807, 2.05) is 0 Å². The van der Waals surface area contributed by atoms with E-state index >= 15 is 0 Å². The second-order valence-electron chi connectivity index (χ2n) is 17.4. The van der Waals surface area contributed by atoms with E-state index in [9.17, 15) is 9.90 Å². The van der Waals surface area contributed by atoms with Gasteiger partial charge in [-0.1, -0.05) is 265 Å². The van der Waals surface area contributed by atoms with E-state index in [4.69, 9.17) is 0 Å². The van der Waals surface area contributed by atoms with Gasteiger partial charge < -0.3 is 14.8 Å². The number of hydrogen-bond acceptors (Lipinski definition) is 3. The van der Waals surface area contributed by atoms with Crippen LogP contribution in [0.5, 0.6) is 0 Å². The molecule has 54 heavy (non-hydrogen) atoms. The second-order valence-corrected chi connectivity index (χ2v) is 17.4. The quantitative estimate of drug-likeness (QED) is 0.0459. The Hall–Kier alpha value is 0.0274. The summed E-state index contributed by atoms with van der Waals surface area (Å²) in [7, 11) is 0. The first-order valence-corrected chi connectivity index (χ1v) is 25.1. The predicted octanol–water partition coefficient (Wildman–Crippen LogP) is 13.2. The van der Waals surface area contributed by atoms with Crippen LogP contribution in [0.2, 0.25) is 0 Å². The number of nitrogens with zero attached hydrogens (tertiary/aromatic N) is 1. The summed E-state index contributed by atoms with van der Waals surface area (Å²) in [6, 6.07) is 0.397. The summed E-state index contributed by atoms with van der Waals surface area (Å²) in [5, 5.41) is 11.2. The number of rotatable bonds is 47. The van der Waals surface area contributed by atoms with Crippen molar-refractivity contribution in [2.24, 2.45) is 0 Å². The van der Waals surface area contributed by atoms with Crippen LogP contribution in [-0.4, -0.2) is 30.0 Å². The van der Waals surface area contributed by atoms with Gasteiger partial charge in [-0.25, -0.2) is 0 Å². The number of carboxylic acid groups (broad SMARTS) is 1. The molecule has 4 heteroatoms. The fourth-order valence-electron chi connectivity index (χ4n) is 8.55. The summed E-state index contributed by atoms with van der Waals surface area (Å²) in [5.41, 5.74) is 0. The maximum atomic E-state index is 11.2. The molecule has 0 aromatic heterocycles. The average Bonchev–Trinajstić information content (AvgIpc) is 3.16. The molecule has 0 aromatic rings. The topological polar surface area (TPSA) is 43.4 Å². The standard InChI is InChI=1S/C50H101NO2.Li/c1-4-7-9-11-13-15-17-19-21-23-25-27-29-31-33-35-37-39-41-43-47-51(49(6-3)45-46-50(52)53)48-44-42-40-38-36-34-32-30-28-26-24-22-20-18-16-14-12-10-8-5-2;/h49H,4-48H2,1-3H3,(H,52,53);/q;+1/p-1. The van der Waals surface area contributed by atoms with E-state index in [2.05, 4.69) is 25.7 Å². The minimum absolute atomic E-state index is 0. The predicted molar refractivity (Wildman–Crippen MR) is 236 cm³/mol. The molecule has 0 spiro atoms. The Labute approximate surface area is 354 Å². The largest absolute Gasteiger partial charge is 1.00 e. The fraction of sp³-hybridized carbons (Fsp3) is 0.980. The summed E-state index contributed by atoms with van der Waals surface area (Å²) in [6.45, 7) is 9.13. The van der Waals surface area contributed by atoms with Crippen LogP contribution in [-0.2, 0) is 4.79 Å². The number of carboxylic acids is 1. The number of unbranched alkanes of at least 4 members (excludes halogenated alkanes) is 38. The Morgan fingerprint density at radius 2 is 0.574 bits per heavy atom. The van der Waals surface area contributed by atoms with Crippen molar-refractivity contribution in [3.8, 4) is 0 Å². The van der Waals surface area contributed by atoms with Crippen molar-refractivity contribution in [1.29, 1.82) is 0 Å². The van der Waals surface area contributed by atoms with Gasteiger partial charge in [0.2, 0.25) is 0 Å². The molecular weight excluding hydrogens is 653 g/mol. The first-order valence-electron chi connectivity index (χ1n) is 25.1. The molecule has 0 aliphatic heterocycles. The Morgan fingerprint density at radius 1 is 0.370 bits per heavy atom. The van der Waals surface area contributed by atoms with Gasteiger partial charge in [-0.05, 0) is 45.2 Å². The minimum Gasteiger partial charge on any atom is -0.550 e. The molecular formula is C50H100LiNO2. The zero-order valence-electron chi connectivity index (χ0n) is 38.2. The maximum Gasteiger partial charge on any atom is 1.00 e. The van der Waals surface area contributed by atoms with E-state index in [-0.39, 0.29) is 25.3 Å². The fourth-order valence-corrected chi connectivity index (χ4v) is 8.55. The number of carbonyl (C=O) groups excluding carboxylic acids is 1. The first-order chi connectivity index (χ1) is 26.2. The van der Waals surface area contributed by atoms with Crippen LogP contribution < -0.4 is 24.0 Å². The smallest absolute Gasteiger partial charge is 0.550 e. The molecule has 0 aromatic carbocycles. The molecule has 0 bridgehead atoms. The van der Waals surface area contributed by atoms with Crippen LogP contribution in [0.1, 0.15) is 297 Å². The monoisotopic (exact) mass is 754 g/mol. The minimum atomic E-state index is -0.888. The number of hydrogen-bond donors (Lipinski definition) is 0. The Kier molecular flexibility index (Phi) is 51.1. The molecule has 0 aliphatic carbocycles. The van der Waals surface area contributed by atoms with E-state index in [0.29, 0.717) is 6.04 Å². The molecule has 0 amide bonds. The Balaban J connectivity index is 0. The Morgan fingerprint density at radius 3 is 0.759 bits per heavy atom. The molecule has 0 saturated carbocycles. The van der Waals surface area contributed by atoms with Gasteiger partial charge in [-0.15, -0.1) is 0 Å². The molecule has 1 unspecified atom stereocenters. The van der Waals surface area contributed by atoms with Gasteiger partial charge in [0.15, 0.2) is 0 Å². The van der Waals surface area contributed by atoms with Gasteiger partial charge in [-0.2, -0.15) is 0 Å². The van der Waals surface area contributed by atoms with Crippen molar-refractivity contribution in [2.45, 2.75) is 303 Å². The number of aliphatic carboxylic acids is 1. The molecule has 0 saturated heterocycles. The van der Waals surface area contributed by atoms with Crippen molar-refractivity contribution >= 4 is 5.97 Å². The zero-order chi connectivity index (χ0) is 38.6. The van der Waals surface area contributed by atoms with Gasteiger partial charge in [0.1, 0.15) is 0 Å². The van der Waals surface area contributed by atoms with Gasteiger partial charge in [0.05, 0.1) is 0 Å². The third-order valence-corrected chi connectivity index (χ3v) is 12.3. The van der Waals surface area contributed by atoms with Gasteiger partial charge in [0, 0.05) is 12.0 Å². The first kappa shape index (κ1) is 56.1. The van der Waals surface area contributed by atoms with Gasteiger partial charge in [0.25, 0.3) is 0 Å². The molecule has 0 rings (SSSR count). The SMILES string of the molecule is CCCCCCCCCCCCCCCCCCCCCCN(CCCCCCCCCCCCCCCCCCCCCC)C(CC)CCC(=O)[O-].[Li+]. The normalized spacial score (nSPS) is 12.1. The summed E-state index contributed by atoms with van der Waals surface area (Å²) < 4.78 is 0. The van der Waals surface area contributed by atoms with Crippen molar-refractivity contribution in [3.05, 3.63) is 0 Å². The van der Waals surface area contributed by atoms with E-state index in [1.165, 1.54) is 257 Å². The third kappa shape index (κ3) is 44.7. The third-order valence-electron chi connectivity index (χ3n) is 12.3. The van der Waals surface area contributed by atoms with Crippen LogP contribution in [0.15, 0.2) is 0 Å². The van der Waals surface area contributed by atoms with Crippen LogP contribution in [0.4, 0.5) is 0 Å². The van der Waals surface area contributed by atoms with Crippen LogP contribution in [0, 0.1) is 0 Å². The van der Waals surface area contributed by atoms with E-state index in [0.717, 1.165) is 25.9 Å². The van der Waals surface area contributed by atoms with Gasteiger partial charge >= 0.3 is 18.9 Å². The van der Waals surface area contributed by atoms with Gasteiger partial charge in [-0.3, -0.25) is 0 Å². The molecule has 3 nitrogen and oxygen atoms in total. The molecule has 0 radical (unpaired) electrons. The van der Waals surface area contributed by atoms with Crippen molar-refractivity contribution in [2.75, 3.05) is 13.1 Å². The molecule has 1 atom stereocenters.